The molecule has 1 fully saturated rings. The van der Waals surface area contributed by atoms with Crippen LogP contribution in [0, 0.1) is 11.6 Å². The first kappa shape index (κ1) is 23.1. The van der Waals surface area contributed by atoms with Crippen molar-refractivity contribution in [3.8, 4) is 0 Å². The molecule has 2 aromatic rings. The zero-order valence-electron chi connectivity index (χ0n) is 16.3. The molecule has 0 aromatic heterocycles. The third-order valence-electron chi connectivity index (χ3n) is 4.77. The largest absolute Gasteiger partial charge is 0.352 e. The Hall–Kier alpha value is -2.23. The number of carbonyl (C=O) groups excluding carboxylic acids is 1. The zero-order chi connectivity index (χ0) is 19.9. The molecular weight excluding hydrogens is 489 g/mol. The molecule has 0 atom stereocenters. The summed E-state index contributed by atoms with van der Waals surface area (Å²) in [5.74, 6) is -0.274. The highest BCUT2D eigenvalue weighted by Gasteiger charge is 2.20. The van der Waals surface area contributed by atoms with Gasteiger partial charge in [-0.3, -0.25) is 9.79 Å². The Balaban J connectivity index is 0.00000300. The van der Waals surface area contributed by atoms with Gasteiger partial charge in [0, 0.05) is 45.2 Å². The molecule has 0 saturated carbocycles. The molecule has 0 radical (unpaired) electrons. The van der Waals surface area contributed by atoms with Gasteiger partial charge >= 0.3 is 0 Å². The summed E-state index contributed by atoms with van der Waals surface area (Å²) in [4.78, 5) is 17.9. The molecular formula is C21H25F2IN4O. The molecule has 0 spiro atoms. The first-order chi connectivity index (χ1) is 13.6. The van der Waals surface area contributed by atoms with E-state index in [4.69, 9.17) is 0 Å². The quantitative estimate of drug-likeness (QED) is 0.352. The minimum atomic E-state index is -0.480. The average molecular weight is 514 g/mol. The van der Waals surface area contributed by atoms with Crippen LogP contribution in [0.3, 0.4) is 0 Å². The van der Waals surface area contributed by atoms with Crippen LogP contribution in [0.5, 0.6) is 0 Å². The van der Waals surface area contributed by atoms with Crippen molar-refractivity contribution in [2.45, 2.75) is 32.5 Å². The number of rotatable bonds is 6. The summed E-state index contributed by atoms with van der Waals surface area (Å²) in [5, 5.41) is 6.18. The monoisotopic (exact) mass is 514 g/mol. The molecule has 156 valence electrons. The molecule has 1 aliphatic heterocycles. The lowest BCUT2D eigenvalue weighted by molar-refractivity contribution is -0.128. The lowest BCUT2D eigenvalue weighted by atomic mass is 10.1. The van der Waals surface area contributed by atoms with Crippen molar-refractivity contribution in [2.75, 3.05) is 13.6 Å². The highest BCUT2D eigenvalue weighted by Crippen LogP contribution is 2.17. The van der Waals surface area contributed by atoms with Crippen LogP contribution in [0.4, 0.5) is 8.78 Å². The average Bonchev–Trinajstić information content (AvgIpc) is 3.10. The predicted octanol–water partition coefficient (Wildman–Crippen LogP) is 3.57. The second-order valence-electron chi connectivity index (χ2n) is 6.70. The topological polar surface area (TPSA) is 56.7 Å². The van der Waals surface area contributed by atoms with E-state index in [9.17, 15) is 13.6 Å². The van der Waals surface area contributed by atoms with Crippen molar-refractivity contribution in [3.63, 3.8) is 0 Å². The van der Waals surface area contributed by atoms with Crippen LogP contribution in [0.25, 0.3) is 0 Å². The number of guanidine groups is 1. The first-order valence-electron chi connectivity index (χ1n) is 9.30. The first-order valence-corrected chi connectivity index (χ1v) is 9.30. The van der Waals surface area contributed by atoms with Crippen LogP contribution in [-0.2, 0) is 24.4 Å². The van der Waals surface area contributed by atoms with Gasteiger partial charge in [-0.15, -0.1) is 24.0 Å². The van der Waals surface area contributed by atoms with Crippen molar-refractivity contribution in [1.82, 2.24) is 15.5 Å². The fraction of sp³-hybridized carbons (Fsp3) is 0.333. The number of likely N-dealkylation sites (tertiary alicyclic amines) is 1. The summed E-state index contributed by atoms with van der Waals surface area (Å²) in [6, 6.07) is 11.3. The molecule has 2 N–H and O–H groups in total. The number of amides is 1. The van der Waals surface area contributed by atoms with E-state index in [1.54, 1.807) is 7.05 Å². The summed E-state index contributed by atoms with van der Waals surface area (Å²) in [6.07, 6.45) is 1.53. The molecule has 0 unspecified atom stereocenters. The number of nitrogens with one attached hydrogen (secondary N) is 2. The number of hydrogen-bond donors (Lipinski definition) is 2. The van der Waals surface area contributed by atoms with E-state index in [1.807, 2.05) is 29.2 Å². The smallest absolute Gasteiger partial charge is 0.222 e. The molecule has 8 heteroatoms. The number of benzene rings is 2. The fourth-order valence-corrected chi connectivity index (χ4v) is 3.22. The zero-order valence-corrected chi connectivity index (χ0v) is 18.6. The number of halogens is 3. The normalized spacial score (nSPS) is 14.0. The van der Waals surface area contributed by atoms with Gasteiger partial charge in [-0.25, -0.2) is 8.78 Å². The van der Waals surface area contributed by atoms with Gasteiger partial charge in [0.1, 0.15) is 11.6 Å². The van der Waals surface area contributed by atoms with Crippen LogP contribution in [0.15, 0.2) is 47.5 Å². The van der Waals surface area contributed by atoms with Crippen LogP contribution in [0.2, 0.25) is 0 Å². The molecule has 5 nitrogen and oxygen atoms in total. The van der Waals surface area contributed by atoms with Crippen LogP contribution >= 0.6 is 24.0 Å². The van der Waals surface area contributed by atoms with Crippen LogP contribution < -0.4 is 10.6 Å². The Morgan fingerprint density at radius 3 is 2.41 bits per heavy atom. The fourth-order valence-electron chi connectivity index (χ4n) is 3.22. The third kappa shape index (κ3) is 6.38. The Bertz CT molecular complexity index is 876. The standard InChI is InChI=1S/C21H24F2N4O.HI/c1-24-21(26-13-17-11-18(22)8-9-19(17)23)25-12-15-5-2-3-6-16(15)14-27-10-4-7-20(27)28;/h2-3,5-6,8-9,11H,4,7,10,12-14H2,1H3,(H2,24,25,26);1H. The van der Waals surface area contributed by atoms with E-state index in [-0.39, 0.29) is 42.0 Å². The Morgan fingerprint density at radius 1 is 1.07 bits per heavy atom. The summed E-state index contributed by atoms with van der Waals surface area (Å²) in [6.45, 7) is 2.01. The van der Waals surface area contributed by atoms with Gasteiger partial charge in [-0.1, -0.05) is 24.3 Å². The summed E-state index contributed by atoms with van der Waals surface area (Å²) in [7, 11) is 1.62. The van der Waals surface area contributed by atoms with E-state index < -0.39 is 11.6 Å². The SMILES string of the molecule is CN=C(NCc1cc(F)ccc1F)NCc1ccccc1CN1CCCC1=O.I. The van der Waals surface area contributed by atoms with E-state index in [1.165, 1.54) is 0 Å². The van der Waals surface area contributed by atoms with E-state index in [0.29, 0.717) is 25.5 Å². The van der Waals surface area contributed by atoms with Gasteiger partial charge in [0.15, 0.2) is 5.96 Å². The van der Waals surface area contributed by atoms with Crippen molar-refractivity contribution < 1.29 is 13.6 Å². The van der Waals surface area contributed by atoms with Gasteiger partial charge in [-0.2, -0.15) is 0 Å². The Morgan fingerprint density at radius 2 is 1.76 bits per heavy atom. The van der Waals surface area contributed by atoms with Gasteiger partial charge in [-0.05, 0) is 35.7 Å². The van der Waals surface area contributed by atoms with Gasteiger partial charge in [0.2, 0.25) is 5.91 Å². The maximum atomic E-state index is 13.8. The minimum absolute atomic E-state index is 0. The summed E-state index contributed by atoms with van der Waals surface area (Å²) in [5.41, 5.74) is 2.37. The number of nitrogens with zero attached hydrogens (tertiary/aromatic N) is 2. The van der Waals surface area contributed by atoms with Crippen molar-refractivity contribution in [3.05, 3.63) is 70.8 Å². The molecule has 0 bridgehead atoms. The minimum Gasteiger partial charge on any atom is -0.352 e. The van der Waals surface area contributed by atoms with Crippen molar-refractivity contribution >= 4 is 35.8 Å². The van der Waals surface area contributed by atoms with Crippen LogP contribution in [0.1, 0.15) is 29.5 Å². The number of carbonyl (C=O) groups is 1. The van der Waals surface area contributed by atoms with Crippen LogP contribution in [-0.4, -0.2) is 30.4 Å². The summed E-state index contributed by atoms with van der Waals surface area (Å²) >= 11 is 0. The molecule has 3 rings (SSSR count). The second-order valence-corrected chi connectivity index (χ2v) is 6.70. The van der Waals surface area contributed by atoms with Gasteiger partial charge < -0.3 is 15.5 Å². The number of aliphatic imine (C=N–C) groups is 1. The van der Waals surface area contributed by atoms with E-state index in [2.05, 4.69) is 15.6 Å². The molecule has 0 aliphatic carbocycles. The van der Waals surface area contributed by atoms with Gasteiger partial charge in [0.05, 0.1) is 0 Å². The van der Waals surface area contributed by atoms with E-state index in [0.717, 1.165) is 42.3 Å². The van der Waals surface area contributed by atoms with Crippen molar-refractivity contribution in [2.24, 2.45) is 4.99 Å². The molecule has 1 aliphatic rings. The van der Waals surface area contributed by atoms with Crippen molar-refractivity contribution in [1.29, 1.82) is 0 Å². The maximum Gasteiger partial charge on any atom is 0.222 e. The lowest BCUT2D eigenvalue weighted by Gasteiger charge is -2.19. The highest BCUT2D eigenvalue weighted by atomic mass is 127. The predicted molar refractivity (Wildman–Crippen MR) is 120 cm³/mol. The molecule has 1 heterocycles. The lowest BCUT2D eigenvalue weighted by Crippen LogP contribution is -2.37. The molecule has 29 heavy (non-hydrogen) atoms. The maximum absolute atomic E-state index is 13.8. The molecule has 1 saturated heterocycles. The van der Waals surface area contributed by atoms with Gasteiger partial charge in [0.25, 0.3) is 0 Å². The highest BCUT2D eigenvalue weighted by molar-refractivity contribution is 14.0. The number of hydrogen-bond acceptors (Lipinski definition) is 2. The Labute approximate surface area is 186 Å². The second kappa shape index (κ2) is 11.1. The molecule has 2 aromatic carbocycles. The Kier molecular flexibility index (Phi) is 8.81. The van der Waals surface area contributed by atoms with E-state index >= 15 is 0 Å². The third-order valence-corrected chi connectivity index (χ3v) is 4.77. The molecule has 1 amide bonds. The summed E-state index contributed by atoms with van der Waals surface area (Å²) < 4.78 is 27.0.